The highest BCUT2D eigenvalue weighted by Crippen LogP contribution is 2.38. The molecule has 0 bridgehead atoms. The van der Waals surface area contributed by atoms with Gasteiger partial charge in [-0.3, -0.25) is 0 Å². The average Bonchev–Trinajstić information content (AvgIpc) is 3.01. The van der Waals surface area contributed by atoms with Gasteiger partial charge in [0.2, 0.25) is 6.79 Å². The number of hydrogen-bond acceptors (Lipinski definition) is 5. The fourth-order valence-corrected chi connectivity index (χ4v) is 2.21. The zero-order valence-corrected chi connectivity index (χ0v) is 10.8. The van der Waals surface area contributed by atoms with Crippen molar-refractivity contribution >= 4 is 5.82 Å². The number of hydrogen-bond donors (Lipinski definition) is 1. The molecule has 5 heteroatoms. The van der Waals surface area contributed by atoms with Crippen LogP contribution in [0.1, 0.15) is 25.5 Å². The van der Waals surface area contributed by atoms with Gasteiger partial charge < -0.3 is 19.7 Å². The number of rotatable bonds is 4. The van der Waals surface area contributed by atoms with E-state index in [2.05, 4.69) is 12.1 Å². The SMILES string of the molecule is CCCCc1onc(N)c1-c1ccc2c(c1)OCO2. The van der Waals surface area contributed by atoms with Crippen LogP contribution in [0.3, 0.4) is 0 Å². The summed E-state index contributed by atoms with van der Waals surface area (Å²) in [6, 6.07) is 5.75. The summed E-state index contributed by atoms with van der Waals surface area (Å²) in [5.41, 5.74) is 7.73. The Morgan fingerprint density at radius 2 is 2.11 bits per heavy atom. The number of fused-ring (bicyclic) bond motifs is 1. The lowest BCUT2D eigenvalue weighted by atomic mass is 10.0. The van der Waals surface area contributed by atoms with Gasteiger partial charge in [0.15, 0.2) is 17.3 Å². The zero-order valence-electron chi connectivity index (χ0n) is 10.8. The summed E-state index contributed by atoms with van der Waals surface area (Å²) in [7, 11) is 0. The molecule has 0 atom stereocenters. The molecule has 0 aliphatic carbocycles. The molecular formula is C14H16N2O3. The average molecular weight is 260 g/mol. The Labute approximate surface area is 111 Å². The molecule has 2 heterocycles. The Balaban J connectivity index is 1.99. The van der Waals surface area contributed by atoms with Gasteiger partial charge >= 0.3 is 0 Å². The van der Waals surface area contributed by atoms with Crippen molar-refractivity contribution in [2.24, 2.45) is 0 Å². The summed E-state index contributed by atoms with van der Waals surface area (Å²) in [5, 5.41) is 3.87. The third kappa shape index (κ3) is 2.12. The molecule has 2 aromatic rings. The van der Waals surface area contributed by atoms with Gasteiger partial charge in [0.05, 0.1) is 5.56 Å². The zero-order chi connectivity index (χ0) is 13.2. The number of anilines is 1. The lowest BCUT2D eigenvalue weighted by Crippen LogP contribution is -1.93. The predicted octanol–water partition coefficient (Wildman–Crippen LogP) is 3.00. The molecule has 2 N–H and O–H groups in total. The van der Waals surface area contributed by atoms with E-state index in [9.17, 15) is 0 Å². The summed E-state index contributed by atoms with van der Waals surface area (Å²) in [6.07, 6.45) is 2.98. The van der Waals surface area contributed by atoms with Gasteiger partial charge in [-0.15, -0.1) is 0 Å². The third-order valence-corrected chi connectivity index (χ3v) is 3.21. The molecule has 3 rings (SSSR count). The van der Waals surface area contributed by atoms with Crippen molar-refractivity contribution < 1.29 is 14.0 Å². The summed E-state index contributed by atoms with van der Waals surface area (Å²) in [5.74, 6) is 2.75. The summed E-state index contributed by atoms with van der Waals surface area (Å²) < 4.78 is 16.0. The van der Waals surface area contributed by atoms with Crippen LogP contribution >= 0.6 is 0 Å². The van der Waals surface area contributed by atoms with Crippen LogP contribution in [-0.4, -0.2) is 11.9 Å². The molecule has 0 unspecified atom stereocenters. The van der Waals surface area contributed by atoms with Crippen molar-refractivity contribution in [1.29, 1.82) is 0 Å². The molecule has 0 saturated heterocycles. The number of unbranched alkanes of at least 4 members (excludes halogenated alkanes) is 1. The molecular weight excluding hydrogens is 244 g/mol. The molecule has 0 fully saturated rings. The fraction of sp³-hybridized carbons (Fsp3) is 0.357. The van der Waals surface area contributed by atoms with Gasteiger partial charge in [-0.25, -0.2) is 0 Å². The van der Waals surface area contributed by atoms with Crippen LogP contribution in [0, 0.1) is 0 Å². The second-order valence-corrected chi connectivity index (χ2v) is 4.54. The van der Waals surface area contributed by atoms with E-state index in [1.54, 1.807) is 0 Å². The van der Waals surface area contributed by atoms with Crippen molar-refractivity contribution in [1.82, 2.24) is 5.16 Å². The van der Waals surface area contributed by atoms with Crippen LogP contribution in [0.4, 0.5) is 5.82 Å². The van der Waals surface area contributed by atoms with E-state index in [0.717, 1.165) is 47.6 Å². The van der Waals surface area contributed by atoms with Crippen molar-refractivity contribution in [3.63, 3.8) is 0 Å². The fourth-order valence-electron chi connectivity index (χ4n) is 2.21. The number of benzene rings is 1. The van der Waals surface area contributed by atoms with Crippen LogP contribution in [0.15, 0.2) is 22.7 Å². The smallest absolute Gasteiger partial charge is 0.231 e. The van der Waals surface area contributed by atoms with Crippen LogP contribution in [0.2, 0.25) is 0 Å². The number of aryl methyl sites for hydroxylation is 1. The summed E-state index contributed by atoms with van der Waals surface area (Å²) >= 11 is 0. The summed E-state index contributed by atoms with van der Waals surface area (Å²) in [4.78, 5) is 0. The van der Waals surface area contributed by atoms with Gasteiger partial charge in [0.25, 0.3) is 0 Å². The Bertz CT molecular complexity index is 592. The van der Waals surface area contributed by atoms with Crippen molar-refractivity contribution in [3.05, 3.63) is 24.0 Å². The normalized spacial score (nSPS) is 12.9. The molecule has 0 spiro atoms. The van der Waals surface area contributed by atoms with Gasteiger partial charge in [-0.2, -0.15) is 0 Å². The molecule has 19 heavy (non-hydrogen) atoms. The monoisotopic (exact) mass is 260 g/mol. The molecule has 1 aromatic carbocycles. The first-order valence-corrected chi connectivity index (χ1v) is 6.43. The number of nitrogen functional groups attached to an aromatic ring is 1. The highest BCUT2D eigenvalue weighted by Gasteiger charge is 2.19. The number of ether oxygens (including phenoxy) is 2. The second kappa shape index (κ2) is 4.84. The maximum absolute atomic E-state index is 5.91. The molecule has 100 valence electrons. The first kappa shape index (κ1) is 11.9. The van der Waals surface area contributed by atoms with Gasteiger partial charge in [0.1, 0.15) is 5.76 Å². The quantitative estimate of drug-likeness (QED) is 0.915. The van der Waals surface area contributed by atoms with Gasteiger partial charge in [0, 0.05) is 6.42 Å². The first-order chi connectivity index (χ1) is 9.29. The van der Waals surface area contributed by atoms with Gasteiger partial charge in [-0.05, 0) is 24.1 Å². The minimum Gasteiger partial charge on any atom is -0.454 e. The maximum Gasteiger partial charge on any atom is 0.231 e. The molecule has 1 aliphatic rings. The van der Waals surface area contributed by atoms with E-state index in [1.807, 2.05) is 18.2 Å². The third-order valence-electron chi connectivity index (χ3n) is 3.21. The van der Waals surface area contributed by atoms with Crippen molar-refractivity contribution in [2.75, 3.05) is 12.5 Å². The minimum absolute atomic E-state index is 0.264. The van der Waals surface area contributed by atoms with Crippen LogP contribution in [0.5, 0.6) is 11.5 Å². The van der Waals surface area contributed by atoms with E-state index >= 15 is 0 Å². The largest absolute Gasteiger partial charge is 0.454 e. The molecule has 0 saturated carbocycles. The Hall–Kier alpha value is -2.17. The Morgan fingerprint density at radius 1 is 1.26 bits per heavy atom. The number of nitrogens with zero attached hydrogens (tertiary/aromatic N) is 1. The Morgan fingerprint density at radius 3 is 2.95 bits per heavy atom. The lowest BCUT2D eigenvalue weighted by molar-refractivity contribution is 0.174. The molecule has 0 amide bonds. The molecule has 5 nitrogen and oxygen atoms in total. The molecule has 1 aliphatic heterocycles. The van der Waals surface area contributed by atoms with E-state index in [0.29, 0.717) is 5.82 Å². The Kier molecular flexibility index (Phi) is 3.03. The predicted molar refractivity (Wildman–Crippen MR) is 71.1 cm³/mol. The molecule has 0 radical (unpaired) electrons. The lowest BCUT2D eigenvalue weighted by Gasteiger charge is -2.03. The van der Waals surface area contributed by atoms with Crippen molar-refractivity contribution in [2.45, 2.75) is 26.2 Å². The number of nitrogens with two attached hydrogens (primary N) is 1. The van der Waals surface area contributed by atoms with E-state index in [1.165, 1.54) is 0 Å². The highest BCUT2D eigenvalue weighted by molar-refractivity contribution is 5.77. The molecule has 1 aromatic heterocycles. The summed E-state index contributed by atoms with van der Waals surface area (Å²) in [6.45, 7) is 2.40. The van der Waals surface area contributed by atoms with Crippen LogP contribution < -0.4 is 15.2 Å². The minimum atomic E-state index is 0.264. The van der Waals surface area contributed by atoms with Crippen molar-refractivity contribution in [3.8, 4) is 22.6 Å². The maximum atomic E-state index is 5.91. The number of aromatic nitrogens is 1. The van der Waals surface area contributed by atoms with Gasteiger partial charge in [-0.1, -0.05) is 24.6 Å². The topological polar surface area (TPSA) is 70.5 Å². The van der Waals surface area contributed by atoms with E-state index in [4.69, 9.17) is 19.7 Å². The highest BCUT2D eigenvalue weighted by atomic mass is 16.7. The van der Waals surface area contributed by atoms with Crippen LogP contribution in [-0.2, 0) is 6.42 Å². The second-order valence-electron chi connectivity index (χ2n) is 4.54. The van der Waals surface area contributed by atoms with E-state index in [-0.39, 0.29) is 6.79 Å². The first-order valence-electron chi connectivity index (χ1n) is 6.43. The van der Waals surface area contributed by atoms with E-state index < -0.39 is 0 Å². The van der Waals surface area contributed by atoms with Crippen LogP contribution in [0.25, 0.3) is 11.1 Å². The standard InChI is InChI=1S/C14H16N2O3/c1-2-3-4-11-13(14(15)16-19-11)9-5-6-10-12(7-9)18-8-17-10/h5-7H,2-4,8H2,1H3,(H2,15,16).